The van der Waals surface area contributed by atoms with Crippen molar-refractivity contribution in [3.63, 3.8) is 0 Å². The quantitative estimate of drug-likeness (QED) is 0.355. The molecule has 2 atom stereocenters. The van der Waals surface area contributed by atoms with Crippen molar-refractivity contribution in [3.05, 3.63) is 41.6 Å². The molecule has 3 aromatic rings. The zero-order valence-electron chi connectivity index (χ0n) is 26.8. The van der Waals surface area contributed by atoms with Crippen molar-refractivity contribution in [3.8, 4) is 17.0 Å². The number of nitrogens with zero attached hydrogens (tertiary/aromatic N) is 5. The van der Waals surface area contributed by atoms with Crippen LogP contribution >= 0.6 is 0 Å². The molecule has 1 aliphatic carbocycles. The number of amides is 2. The highest BCUT2D eigenvalue weighted by Gasteiger charge is 2.44. The number of aromatic carboxylic acids is 1. The third-order valence-corrected chi connectivity index (χ3v) is 8.98. The van der Waals surface area contributed by atoms with Crippen molar-refractivity contribution in [2.24, 2.45) is 11.8 Å². The lowest BCUT2D eigenvalue weighted by molar-refractivity contribution is 0.0275. The van der Waals surface area contributed by atoms with E-state index in [1.54, 1.807) is 23.1 Å². The number of hydrogen-bond donors (Lipinski definition) is 1. The Morgan fingerprint density at radius 2 is 1.56 bits per heavy atom. The van der Waals surface area contributed by atoms with Crippen LogP contribution in [0.3, 0.4) is 0 Å². The molecule has 2 amide bonds. The van der Waals surface area contributed by atoms with Crippen molar-refractivity contribution in [1.29, 1.82) is 0 Å². The van der Waals surface area contributed by atoms with Gasteiger partial charge in [-0.2, -0.15) is 0 Å². The number of likely N-dealkylation sites (tertiary alicyclic amines) is 2. The number of carboxylic acids is 1. The van der Waals surface area contributed by atoms with Gasteiger partial charge >= 0.3 is 12.1 Å². The third kappa shape index (κ3) is 6.35. The third-order valence-electron chi connectivity index (χ3n) is 8.98. The SMILES string of the molecule is CC(C)Oc1nn(C2CCCCC2)c2nc(C(=O)O)cc(-c3ccc(C(=O)N4CC5CN(C(=O)OC(C)(C)C)CC5C4)cc3)c12. The molecular formula is C34H43N5O6. The predicted molar refractivity (Wildman–Crippen MR) is 168 cm³/mol. The summed E-state index contributed by atoms with van der Waals surface area (Å²) in [4.78, 5) is 46.4. The molecule has 3 fully saturated rings. The van der Waals surface area contributed by atoms with Gasteiger partial charge in [0.05, 0.1) is 17.5 Å². The Kier molecular flexibility index (Phi) is 8.22. The number of pyridine rings is 1. The van der Waals surface area contributed by atoms with Gasteiger partial charge in [-0.05, 0) is 71.2 Å². The zero-order valence-corrected chi connectivity index (χ0v) is 26.8. The second kappa shape index (κ2) is 12.0. The van der Waals surface area contributed by atoms with Gasteiger partial charge in [0.15, 0.2) is 11.3 Å². The van der Waals surface area contributed by atoms with Gasteiger partial charge < -0.3 is 24.4 Å². The summed E-state index contributed by atoms with van der Waals surface area (Å²) in [5.74, 6) is -0.285. The van der Waals surface area contributed by atoms with Gasteiger partial charge in [0.25, 0.3) is 5.91 Å². The highest BCUT2D eigenvalue weighted by Crippen LogP contribution is 2.40. The first-order valence-electron chi connectivity index (χ1n) is 16.1. The summed E-state index contributed by atoms with van der Waals surface area (Å²) in [6, 6.07) is 8.99. The number of hydrogen-bond acceptors (Lipinski definition) is 7. The molecule has 11 heteroatoms. The van der Waals surface area contributed by atoms with Crippen molar-refractivity contribution < 1.29 is 29.0 Å². The van der Waals surface area contributed by atoms with Gasteiger partial charge in [0.2, 0.25) is 5.88 Å². The minimum Gasteiger partial charge on any atom is -0.477 e. The lowest BCUT2D eigenvalue weighted by Crippen LogP contribution is -2.38. The molecule has 1 saturated carbocycles. The number of benzene rings is 1. The van der Waals surface area contributed by atoms with Crippen molar-refractivity contribution in [1.82, 2.24) is 24.6 Å². The van der Waals surface area contributed by atoms with Crippen LogP contribution in [0.2, 0.25) is 0 Å². The summed E-state index contributed by atoms with van der Waals surface area (Å²) < 4.78 is 13.6. The maximum atomic E-state index is 13.5. The number of ether oxygens (including phenoxy) is 2. The van der Waals surface area contributed by atoms with Crippen molar-refractivity contribution >= 4 is 29.0 Å². The van der Waals surface area contributed by atoms with Crippen LogP contribution < -0.4 is 4.74 Å². The molecule has 0 bridgehead atoms. The average Bonchev–Trinajstić information content (AvgIpc) is 3.68. The zero-order chi connectivity index (χ0) is 32.0. The van der Waals surface area contributed by atoms with Crippen LogP contribution in [0.25, 0.3) is 22.2 Å². The van der Waals surface area contributed by atoms with E-state index in [2.05, 4.69) is 4.98 Å². The van der Waals surface area contributed by atoms with Gasteiger partial charge in [-0.3, -0.25) is 4.79 Å². The smallest absolute Gasteiger partial charge is 0.410 e. The lowest BCUT2D eigenvalue weighted by Gasteiger charge is -2.26. The normalized spacial score (nSPS) is 20.6. The van der Waals surface area contributed by atoms with Crippen LogP contribution in [0.4, 0.5) is 4.79 Å². The molecule has 11 nitrogen and oxygen atoms in total. The molecule has 0 radical (unpaired) electrons. The van der Waals surface area contributed by atoms with E-state index in [9.17, 15) is 19.5 Å². The molecule has 240 valence electrons. The lowest BCUT2D eigenvalue weighted by atomic mass is 9.95. The van der Waals surface area contributed by atoms with Gasteiger partial charge in [-0.15, -0.1) is 5.10 Å². The molecule has 2 saturated heterocycles. The highest BCUT2D eigenvalue weighted by molar-refractivity contribution is 6.01. The van der Waals surface area contributed by atoms with Crippen LogP contribution in [-0.4, -0.2) is 85.5 Å². The Morgan fingerprint density at radius 3 is 2.13 bits per heavy atom. The number of aromatic nitrogens is 3. The number of carbonyl (C=O) groups excluding carboxylic acids is 2. The molecule has 0 spiro atoms. The van der Waals surface area contributed by atoms with E-state index in [0.29, 0.717) is 54.2 Å². The number of carbonyl (C=O) groups is 3. The summed E-state index contributed by atoms with van der Waals surface area (Å²) in [7, 11) is 0. The largest absolute Gasteiger partial charge is 0.477 e. The summed E-state index contributed by atoms with van der Waals surface area (Å²) in [6.45, 7) is 11.8. The fraction of sp³-hybridized carbons (Fsp3) is 0.559. The van der Waals surface area contributed by atoms with Gasteiger partial charge in [-0.1, -0.05) is 31.4 Å². The van der Waals surface area contributed by atoms with Crippen molar-refractivity contribution in [2.45, 2.75) is 84.5 Å². The van der Waals surface area contributed by atoms with E-state index in [1.165, 1.54) is 6.42 Å². The molecule has 1 N–H and O–H groups in total. The first-order chi connectivity index (χ1) is 21.4. The van der Waals surface area contributed by atoms with Gasteiger partial charge in [0.1, 0.15) is 5.60 Å². The van der Waals surface area contributed by atoms with E-state index in [-0.39, 0.29) is 41.7 Å². The Morgan fingerprint density at radius 1 is 0.933 bits per heavy atom. The Bertz CT molecular complexity index is 1590. The second-order valence-electron chi connectivity index (χ2n) is 14.0. The molecule has 1 aromatic carbocycles. The Labute approximate surface area is 263 Å². The van der Waals surface area contributed by atoms with Crippen LogP contribution in [-0.2, 0) is 4.74 Å². The van der Waals surface area contributed by atoms with Crippen LogP contribution in [0.1, 0.15) is 93.6 Å². The molecular weight excluding hydrogens is 574 g/mol. The van der Waals surface area contributed by atoms with Crippen LogP contribution in [0, 0.1) is 11.8 Å². The summed E-state index contributed by atoms with van der Waals surface area (Å²) in [5, 5.41) is 15.5. The molecule has 4 heterocycles. The molecule has 2 aromatic heterocycles. The first-order valence-corrected chi connectivity index (χ1v) is 16.1. The minimum absolute atomic E-state index is 0.0557. The van der Waals surface area contributed by atoms with E-state index in [0.717, 1.165) is 31.2 Å². The number of rotatable bonds is 6. The van der Waals surface area contributed by atoms with Crippen LogP contribution in [0.15, 0.2) is 30.3 Å². The second-order valence-corrected chi connectivity index (χ2v) is 14.0. The molecule has 2 aliphatic heterocycles. The topological polar surface area (TPSA) is 127 Å². The fourth-order valence-electron chi connectivity index (χ4n) is 6.94. The Hall–Kier alpha value is -4.15. The molecule has 45 heavy (non-hydrogen) atoms. The number of carboxylic acid groups (broad SMARTS) is 1. The standard InChI is InChI=1S/C34H43N5O6/c1-20(2)44-30-28-26(15-27(32(41)42)35-29(28)39(36-30)25-9-7-6-8-10-25)21-11-13-22(14-12-21)31(40)37-16-23-18-38(19-24(23)17-37)33(43)45-34(3,4)5/h11-15,20,23-25H,6-10,16-19H2,1-5H3,(H,41,42). The fourth-order valence-corrected chi connectivity index (χ4v) is 6.94. The number of fused-ring (bicyclic) bond motifs is 2. The molecule has 6 rings (SSSR count). The van der Waals surface area contributed by atoms with Crippen LogP contribution in [0.5, 0.6) is 5.88 Å². The summed E-state index contributed by atoms with van der Waals surface area (Å²) in [6.07, 6.45) is 4.85. The summed E-state index contributed by atoms with van der Waals surface area (Å²) in [5.41, 5.74) is 1.88. The molecule has 2 unspecified atom stereocenters. The maximum Gasteiger partial charge on any atom is 0.410 e. The van der Waals surface area contributed by atoms with E-state index in [1.807, 2.05) is 56.3 Å². The average molecular weight is 618 g/mol. The highest BCUT2D eigenvalue weighted by atomic mass is 16.6. The van der Waals surface area contributed by atoms with Gasteiger partial charge in [0, 0.05) is 49.1 Å². The molecule has 3 aliphatic rings. The first kappa shape index (κ1) is 30.9. The predicted octanol–water partition coefficient (Wildman–Crippen LogP) is 6.03. The Balaban J connectivity index is 1.25. The van der Waals surface area contributed by atoms with Gasteiger partial charge in [-0.25, -0.2) is 19.3 Å². The van der Waals surface area contributed by atoms with E-state index >= 15 is 0 Å². The maximum absolute atomic E-state index is 13.5. The monoisotopic (exact) mass is 617 g/mol. The van der Waals surface area contributed by atoms with E-state index in [4.69, 9.17) is 14.6 Å². The van der Waals surface area contributed by atoms with Crippen molar-refractivity contribution in [2.75, 3.05) is 26.2 Å². The van der Waals surface area contributed by atoms with E-state index < -0.39 is 11.6 Å². The summed E-state index contributed by atoms with van der Waals surface area (Å²) >= 11 is 0. The minimum atomic E-state index is -1.11.